The van der Waals surface area contributed by atoms with E-state index < -0.39 is 0 Å². The minimum atomic E-state index is -0.389. The number of nitrogen functional groups attached to an aromatic ring is 1. The molecule has 29 heavy (non-hydrogen) atoms. The number of rotatable bonds is 6. The van der Waals surface area contributed by atoms with Gasteiger partial charge in [0, 0.05) is 26.7 Å². The monoisotopic (exact) mass is 402 g/mol. The highest BCUT2D eigenvalue weighted by Gasteiger charge is 2.31. The minimum Gasteiger partial charge on any atom is -0.497 e. The second-order valence-electron chi connectivity index (χ2n) is 7.77. The highest BCUT2D eigenvalue weighted by atomic mass is 16.5. The first-order chi connectivity index (χ1) is 13.8. The molecule has 1 aromatic heterocycles. The van der Waals surface area contributed by atoms with Crippen molar-refractivity contribution in [3.05, 3.63) is 56.2 Å². The van der Waals surface area contributed by atoms with E-state index in [-0.39, 0.29) is 29.0 Å². The van der Waals surface area contributed by atoms with Gasteiger partial charge in [0.25, 0.3) is 5.56 Å². The molecule has 0 unspecified atom stereocenters. The van der Waals surface area contributed by atoms with Crippen LogP contribution in [0.5, 0.6) is 5.75 Å². The molecule has 158 valence electrons. The largest absolute Gasteiger partial charge is 0.497 e. The summed E-state index contributed by atoms with van der Waals surface area (Å²) < 4.78 is 13.5. The Morgan fingerprint density at radius 1 is 1.14 bits per heavy atom. The summed E-state index contributed by atoms with van der Waals surface area (Å²) in [6, 6.07) is 7.25. The molecule has 1 aromatic carbocycles. The van der Waals surface area contributed by atoms with Gasteiger partial charge < -0.3 is 15.2 Å². The van der Waals surface area contributed by atoms with E-state index in [2.05, 4.69) is 4.90 Å². The van der Waals surface area contributed by atoms with Crippen molar-refractivity contribution in [1.82, 2.24) is 14.0 Å². The quantitative estimate of drug-likeness (QED) is 0.781. The summed E-state index contributed by atoms with van der Waals surface area (Å²) in [5, 5.41) is 0. The van der Waals surface area contributed by atoms with Crippen molar-refractivity contribution in [2.75, 3.05) is 39.1 Å². The van der Waals surface area contributed by atoms with E-state index >= 15 is 0 Å². The Balaban J connectivity index is 2.22. The van der Waals surface area contributed by atoms with Gasteiger partial charge in [-0.1, -0.05) is 26.0 Å². The van der Waals surface area contributed by atoms with Crippen molar-refractivity contribution in [1.29, 1.82) is 0 Å². The Kier molecular flexibility index (Phi) is 6.44. The van der Waals surface area contributed by atoms with Crippen LogP contribution in [0.25, 0.3) is 0 Å². The molecule has 8 heteroatoms. The molecule has 0 radical (unpaired) electrons. The van der Waals surface area contributed by atoms with Crippen LogP contribution in [0.3, 0.4) is 0 Å². The summed E-state index contributed by atoms with van der Waals surface area (Å²) >= 11 is 0. The molecule has 0 amide bonds. The van der Waals surface area contributed by atoms with Gasteiger partial charge in [-0.3, -0.25) is 18.8 Å². The third-order valence-corrected chi connectivity index (χ3v) is 5.28. The Hall–Kier alpha value is -2.58. The molecule has 8 nitrogen and oxygen atoms in total. The van der Waals surface area contributed by atoms with Crippen molar-refractivity contribution >= 4 is 5.82 Å². The topological polar surface area (TPSA) is 91.7 Å². The van der Waals surface area contributed by atoms with Gasteiger partial charge in [-0.15, -0.1) is 0 Å². The van der Waals surface area contributed by atoms with Crippen LogP contribution in [0.1, 0.15) is 31.0 Å². The second-order valence-corrected chi connectivity index (χ2v) is 7.77. The smallest absolute Gasteiger partial charge is 0.332 e. The fourth-order valence-electron chi connectivity index (χ4n) is 3.79. The minimum absolute atomic E-state index is 0.211. The molecular formula is C21H30N4O4. The van der Waals surface area contributed by atoms with Crippen molar-refractivity contribution < 1.29 is 9.47 Å². The van der Waals surface area contributed by atoms with Gasteiger partial charge in [-0.05, 0) is 23.6 Å². The number of morpholine rings is 1. The molecule has 1 fully saturated rings. The summed E-state index contributed by atoms with van der Waals surface area (Å²) in [7, 11) is 3.12. The lowest BCUT2D eigenvalue weighted by Gasteiger charge is -2.35. The van der Waals surface area contributed by atoms with E-state index in [1.807, 2.05) is 38.1 Å². The molecule has 2 aromatic rings. The molecule has 1 aliphatic rings. The summed E-state index contributed by atoms with van der Waals surface area (Å²) in [6.45, 7) is 6.98. The van der Waals surface area contributed by atoms with Gasteiger partial charge in [-0.2, -0.15) is 0 Å². The Morgan fingerprint density at radius 3 is 2.31 bits per heavy atom. The van der Waals surface area contributed by atoms with Gasteiger partial charge in [0.05, 0.1) is 31.9 Å². The zero-order valence-corrected chi connectivity index (χ0v) is 17.6. The van der Waals surface area contributed by atoms with Crippen molar-refractivity contribution in [3.8, 4) is 5.75 Å². The van der Waals surface area contributed by atoms with Gasteiger partial charge in [0.15, 0.2) is 0 Å². The van der Waals surface area contributed by atoms with Crippen LogP contribution < -0.4 is 21.7 Å². The number of ether oxygens (including phenoxy) is 2. The van der Waals surface area contributed by atoms with Gasteiger partial charge in [-0.25, -0.2) is 4.79 Å². The fraction of sp³-hybridized carbons (Fsp3) is 0.524. The molecule has 0 aliphatic carbocycles. The maximum Gasteiger partial charge on any atom is 0.332 e. The lowest BCUT2D eigenvalue weighted by atomic mass is 9.97. The lowest BCUT2D eigenvalue weighted by Crippen LogP contribution is -2.47. The van der Waals surface area contributed by atoms with Crippen molar-refractivity contribution in [2.24, 2.45) is 13.0 Å². The number of nitrogens with two attached hydrogens (primary N) is 1. The molecule has 2 N–H and O–H groups in total. The maximum absolute atomic E-state index is 13.2. The number of anilines is 1. The molecule has 0 bridgehead atoms. The van der Waals surface area contributed by atoms with Crippen LogP contribution in [0.4, 0.5) is 5.82 Å². The van der Waals surface area contributed by atoms with E-state index in [1.165, 1.54) is 11.6 Å². The first-order valence-corrected chi connectivity index (χ1v) is 9.90. The normalized spacial score (nSPS) is 16.2. The zero-order valence-electron chi connectivity index (χ0n) is 17.6. The predicted octanol–water partition coefficient (Wildman–Crippen LogP) is 1.22. The average molecular weight is 402 g/mol. The van der Waals surface area contributed by atoms with Crippen LogP contribution >= 0.6 is 0 Å². The third kappa shape index (κ3) is 4.23. The van der Waals surface area contributed by atoms with E-state index in [1.54, 1.807) is 7.11 Å². The van der Waals surface area contributed by atoms with Gasteiger partial charge >= 0.3 is 5.69 Å². The Morgan fingerprint density at radius 2 is 1.76 bits per heavy atom. The van der Waals surface area contributed by atoms with Crippen LogP contribution in [0, 0.1) is 5.92 Å². The number of hydrogen-bond acceptors (Lipinski definition) is 6. The molecule has 2 heterocycles. The Labute approximate surface area is 170 Å². The fourth-order valence-corrected chi connectivity index (χ4v) is 3.79. The number of hydrogen-bond donors (Lipinski definition) is 1. The van der Waals surface area contributed by atoms with Crippen molar-refractivity contribution in [3.63, 3.8) is 0 Å². The van der Waals surface area contributed by atoms with Gasteiger partial charge in [0.1, 0.15) is 11.6 Å². The molecule has 0 saturated carbocycles. The second kappa shape index (κ2) is 8.84. The lowest BCUT2D eigenvalue weighted by molar-refractivity contribution is 0.0236. The van der Waals surface area contributed by atoms with Crippen LogP contribution in [0.15, 0.2) is 33.9 Å². The van der Waals surface area contributed by atoms with Crippen LogP contribution in [-0.4, -0.2) is 47.4 Å². The molecule has 0 spiro atoms. The third-order valence-electron chi connectivity index (χ3n) is 5.28. The number of aromatic nitrogens is 2. The highest BCUT2D eigenvalue weighted by molar-refractivity contribution is 5.46. The number of methoxy groups -OCH3 is 1. The molecule has 3 rings (SSSR count). The molecular weight excluding hydrogens is 372 g/mol. The van der Waals surface area contributed by atoms with E-state index in [0.717, 1.165) is 15.9 Å². The predicted molar refractivity (Wildman–Crippen MR) is 112 cm³/mol. The molecule has 1 saturated heterocycles. The maximum atomic E-state index is 13.2. The molecule has 1 atom stereocenters. The number of nitrogens with zero attached hydrogens (tertiary/aromatic N) is 3. The average Bonchev–Trinajstić information content (AvgIpc) is 2.73. The summed E-state index contributed by atoms with van der Waals surface area (Å²) in [6.07, 6.45) is 0. The zero-order chi connectivity index (χ0) is 21.1. The first-order valence-electron chi connectivity index (χ1n) is 9.90. The molecule has 1 aliphatic heterocycles. The summed E-state index contributed by atoms with van der Waals surface area (Å²) in [5.41, 5.74) is 7.07. The summed E-state index contributed by atoms with van der Waals surface area (Å²) in [5.74, 6) is 1.18. The van der Waals surface area contributed by atoms with E-state index in [9.17, 15) is 9.59 Å². The van der Waals surface area contributed by atoms with Crippen LogP contribution in [0.2, 0.25) is 0 Å². The van der Waals surface area contributed by atoms with Crippen LogP contribution in [-0.2, 0) is 18.3 Å². The summed E-state index contributed by atoms with van der Waals surface area (Å²) in [4.78, 5) is 28.1. The number of benzene rings is 1. The standard InChI is InChI=1S/C21H30N4O4/c1-14(2)13-25-19(22)17(20(26)23(3)21(25)27)18(24-9-11-29-12-10-24)15-5-7-16(28-4)8-6-15/h5-8,14,18H,9-13,22H2,1-4H3/t18-/m1/s1. The van der Waals surface area contributed by atoms with E-state index in [0.29, 0.717) is 38.4 Å². The van der Waals surface area contributed by atoms with Crippen molar-refractivity contribution in [2.45, 2.75) is 26.4 Å². The van der Waals surface area contributed by atoms with E-state index in [4.69, 9.17) is 15.2 Å². The Bertz CT molecular complexity index is 956. The highest BCUT2D eigenvalue weighted by Crippen LogP contribution is 2.31. The van der Waals surface area contributed by atoms with Gasteiger partial charge in [0.2, 0.25) is 0 Å². The first kappa shape index (κ1) is 21.1. The SMILES string of the molecule is COc1ccc([C@H](c2c(N)n(CC(C)C)c(=O)n(C)c2=O)N2CCOCC2)cc1.